The van der Waals surface area contributed by atoms with E-state index in [1.54, 1.807) is 0 Å². The van der Waals surface area contributed by atoms with Crippen LogP contribution < -0.4 is 4.90 Å². The van der Waals surface area contributed by atoms with Crippen molar-refractivity contribution >= 4 is 11.8 Å². The zero-order valence-corrected chi connectivity index (χ0v) is 15.6. The van der Waals surface area contributed by atoms with Crippen molar-refractivity contribution in [2.75, 3.05) is 24.5 Å². The Morgan fingerprint density at radius 1 is 1.12 bits per heavy atom. The van der Waals surface area contributed by atoms with Crippen LogP contribution >= 0.6 is 0 Å². The molecule has 2 atom stereocenters. The molecule has 3 fully saturated rings. The van der Waals surface area contributed by atoms with E-state index in [1.165, 1.54) is 5.69 Å². The molecule has 1 aromatic rings. The topological polar surface area (TPSA) is 32.8 Å². The van der Waals surface area contributed by atoms with Crippen LogP contribution in [-0.2, 0) is 4.74 Å². The lowest BCUT2D eigenvalue weighted by atomic mass is 9.73. The summed E-state index contributed by atoms with van der Waals surface area (Å²) in [6, 6.07) is 10.9. The Morgan fingerprint density at radius 2 is 1.79 bits per heavy atom. The fourth-order valence-corrected chi connectivity index (χ4v) is 4.22. The summed E-state index contributed by atoms with van der Waals surface area (Å²) < 4.78 is 5.63. The van der Waals surface area contributed by atoms with Gasteiger partial charge in [-0.25, -0.2) is 4.79 Å². The highest BCUT2D eigenvalue weighted by atomic mass is 16.6. The van der Waals surface area contributed by atoms with E-state index in [0.717, 1.165) is 26.1 Å². The van der Waals surface area contributed by atoms with Crippen LogP contribution in [0.2, 0.25) is 0 Å². The van der Waals surface area contributed by atoms with Gasteiger partial charge in [-0.3, -0.25) is 0 Å². The average molecular weight is 330 g/mol. The van der Waals surface area contributed by atoms with Gasteiger partial charge in [-0.05, 0) is 50.7 Å². The second-order valence-electron chi connectivity index (χ2n) is 8.95. The SMILES string of the molecule is CC(C)(C)OC(=O)N1C[C@@H]2CN(c3ccccc3)[C@H](C1)C(C)(C)C2. The Morgan fingerprint density at radius 3 is 2.42 bits per heavy atom. The summed E-state index contributed by atoms with van der Waals surface area (Å²) in [6.45, 7) is 13.0. The quantitative estimate of drug-likeness (QED) is 0.775. The van der Waals surface area contributed by atoms with Crippen molar-refractivity contribution in [2.24, 2.45) is 11.3 Å². The van der Waals surface area contributed by atoms with Gasteiger partial charge in [-0.2, -0.15) is 0 Å². The molecule has 132 valence electrons. The second-order valence-corrected chi connectivity index (χ2v) is 8.95. The number of rotatable bonds is 1. The Labute approximate surface area is 145 Å². The van der Waals surface area contributed by atoms with Crippen molar-refractivity contribution in [3.63, 3.8) is 0 Å². The first-order valence-electron chi connectivity index (χ1n) is 8.95. The van der Waals surface area contributed by atoms with Gasteiger partial charge in [0.25, 0.3) is 0 Å². The Kier molecular flexibility index (Phi) is 4.27. The van der Waals surface area contributed by atoms with Crippen molar-refractivity contribution in [3.05, 3.63) is 30.3 Å². The molecule has 4 nitrogen and oxygen atoms in total. The summed E-state index contributed by atoms with van der Waals surface area (Å²) in [5.74, 6) is 0.478. The van der Waals surface area contributed by atoms with E-state index in [2.05, 4.69) is 49.1 Å². The monoisotopic (exact) mass is 330 g/mol. The molecular formula is C20H30N2O2. The van der Waals surface area contributed by atoms with E-state index < -0.39 is 5.60 Å². The summed E-state index contributed by atoms with van der Waals surface area (Å²) in [5.41, 5.74) is 0.985. The second kappa shape index (κ2) is 5.98. The summed E-state index contributed by atoms with van der Waals surface area (Å²) in [6.07, 6.45) is 0.977. The summed E-state index contributed by atoms with van der Waals surface area (Å²) in [7, 11) is 0. The molecule has 0 spiro atoms. The van der Waals surface area contributed by atoms with Gasteiger partial charge in [0.2, 0.25) is 0 Å². The van der Waals surface area contributed by atoms with Crippen LogP contribution in [-0.4, -0.2) is 42.3 Å². The average Bonchev–Trinajstić information content (AvgIpc) is 2.73. The fraction of sp³-hybridized carbons (Fsp3) is 0.650. The third kappa shape index (κ3) is 3.52. The largest absolute Gasteiger partial charge is 0.444 e. The normalized spacial score (nSPS) is 26.2. The summed E-state index contributed by atoms with van der Waals surface area (Å²) >= 11 is 0. The van der Waals surface area contributed by atoms with Gasteiger partial charge >= 0.3 is 6.09 Å². The number of benzene rings is 1. The number of para-hydroxylation sites is 1. The van der Waals surface area contributed by atoms with Crippen LogP contribution in [0, 0.1) is 11.3 Å². The number of fused-ring (bicyclic) bond motifs is 4. The first-order valence-corrected chi connectivity index (χ1v) is 8.95. The molecule has 0 aliphatic carbocycles. The predicted octanol–water partition coefficient (Wildman–Crippen LogP) is 4.16. The molecule has 0 N–H and O–H groups in total. The van der Waals surface area contributed by atoms with E-state index in [-0.39, 0.29) is 11.5 Å². The lowest BCUT2D eigenvalue weighted by Crippen LogP contribution is -2.54. The summed E-state index contributed by atoms with van der Waals surface area (Å²) in [4.78, 5) is 17.1. The molecule has 24 heavy (non-hydrogen) atoms. The van der Waals surface area contributed by atoms with Crippen molar-refractivity contribution in [1.82, 2.24) is 4.90 Å². The molecule has 0 unspecified atom stereocenters. The van der Waals surface area contributed by atoms with Crippen LogP contribution in [0.25, 0.3) is 0 Å². The van der Waals surface area contributed by atoms with Crippen molar-refractivity contribution < 1.29 is 9.53 Å². The molecule has 4 rings (SSSR count). The van der Waals surface area contributed by atoms with Crippen LogP contribution in [0.3, 0.4) is 0 Å². The molecule has 0 saturated carbocycles. The zero-order chi connectivity index (χ0) is 17.5. The number of ether oxygens (including phenoxy) is 1. The molecule has 0 aromatic heterocycles. The molecule has 3 heterocycles. The minimum atomic E-state index is -0.447. The van der Waals surface area contributed by atoms with Gasteiger partial charge in [0.05, 0.1) is 6.04 Å². The molecule has 4 heteroatoms. The number of carbonyl (C=O) groups is 1. The number of hydrogen-bond donors (Lipinski definition) is 0. The molecule has 3 aliphatic heterocycles. The van der Waals surface area contributed by atoms with Crippen LogP contribution in [0.1, 0.15) is 41.0 Å². The van der Waals surface area contributed by atoms with Gasteiger partial charge in [-0.15, -0.1) is 0 Å². The van der Waals surface area contributed by atoms with Crippen molar-refractivity contribution in [2.45, 2.75) is 52.7 Å². The molecule has 2 bridgehead atoms. The number of amides is 1. The van der Waals surface area contributed by atoms with E-state index in [4.69, 9.17) is 4.74 Å². The standard InChI is InChI=1S/C20H30N2O2/c1-19(2,3)24-18(23)21-12-15-11-20(4,5)17(14-21)22(13-15)16-9-7-6-8-10-16/h6-10,15,17H,11-14H2,1-5H3/t15-,17-/m1/s1. The first kappa shape index (κ1) is 17.1. The van der Waals surface area contributed by atoms with Crippen molar-refractivity contribution in [3.8, 4) is 0 Å². The lowest BCUT2D eigenvalue weighted by molar-refractivity contribution is 0.0240. The Hall–Kier alpha value is -1.71. The van der Waals surface area contributed by atoms with Crippen LogP contribution in [0.5, 0.6) is 0 Å². The maximum atomic E-state index is 12.6. The minimum Gasteiger partial charge on any atom is -0.444 e. The molecular weight excluding hydrogens is 300 g/mol. The molecule has 0 radical (unpaired) electrons. The molecule has 1 amide bonds. The smallest absolute Gasteiger partial charge is 0.410 e. The Bertz CT molecular complexity index is 591. The van der Waals surface area contributed by atoms with E-state index in [1.807, 2.05) is 25.7 Å². The highest BCUT2D eigenvalue weighted by Crippen LogP contribution is 2.43. The number of anilines is 1. The zero-order valence-electron chi connectivity index (χ0n) is 15.6. The highest BCUT2D eigenvalue weighted by Gasteiger charge is 2.47. The third-order valence-corrected chi connectivity index (χ3v) is 5.16. The van der Waals surface area contributed by atoms with Crippen LogP contribution in [0.15, 0.2) is 30.3 Å². The number of carbonyl (C=O) groups excluding carboxylic acids is 1. The van der Waals surface area contributed by atoms with E-state index in [9.17, 15) is 4.79 Å². The van der Waals surface area contributed by atoms with Gasteiger partial charge in [0.1, 0.15) is 5.60 Å². The van der Waals surface area contributed by atoms with Gasteiger partial charge in [-0.1, -0.05) is 32.0 Å². The summed E-state index contributed by atoms with van der Waals surface area (Å²) in [5, 5.41) is 0. The maximum Gasteiger partial charge on any atom is 0.410 e. The number of piperidine rings is 1. The van der Waals surface area contributed by atoms with E-state index >= 15 is 0 Å². The molecule has 1 aromatic carbocycles. The first-order chi connectivity index (χ1) is 11.2. The maximum absolute atomic E-state index is 12.6. The fourth-order valence-electron chi connectivity index (χ4n) is 4.22. The highest BCUT2D eigenvalue weighted by molar-refractivity contribution is 5.68. The van der Waals surface area contributed by atoms with Crippen LogP contribution in [0.4, 0.5) is 10.5 Å². The van der Waals surface area contributed by atoms with E-state index in [0.29, 0.717) is 12.0 Å². The number of hydrogen-bond acceptors (Lipinski definition) is 3. The van der Waals surface area contributed by atoms with Crippen molar-refractivity contribution in [1.29, 1.82) is 0 Å². The minimum absolute atomic E-state index is 0.176. The Balaban J connectivity index is 1.86. The van der Waals surface area contributed by atoms with Gasteiger partial charge < -0.3 is 14.5 Å². The number of nitrogens with zero attached hydrogens (tertiary/aromatic N) is 2. The van der Waals surface area contributed by atoms with Gasteiger partial charge in [0, 0.05) is 25.3 Å². The third-order valence-electron chi connectivity index (χ3n) is 5.16. The van der Waals surface area contributed by atoms with Gasteiger partial charge in [0.15, 0.2) is 0 Å². The molecule has 3 aliphatic rings. The molecule has 3 saturated heterocycles. The predicted molar refractivity (Wildman–Crippen MR) is 97.3 cm³/mol. The lowest BCUT2D eigenvalue weighted by Gasteiger charge is -2.48.